The van der Waals surface area contributed by atoms with Crippen molar-refractivity contribution in [3.8, 4) is 6.07 Å². The lowest BCUT2D eigenvalue weighted by Gasteiger charge is -2.35. The highest BCUT2D eigenvalue weighted by molar-refractivity contribution is 5.96. The Morgan fingerprint density at radius 1 is 1.10 bits per heavy atom. The summed E-state index contributed by atoms with van der Waals surface area (Å²) in [7, 11) is 1.59. The van der Waals surface area contributed by atoms with Crippen LogP contribution in [0.3, 0.4) is 0 Å². The van der Waals surface area contributed by atoms with Gasteiger partial charge in [-0.05, 0) is 45.0 Å². The first-order chi connectivity index (χ1) is 13.6. The van der Waals surface area contributed by atoms with Crippen LogP contribution in [-0.4, -0.2) is 84.3 Å². The zero-order valence-electron chi connectivity index (χ0n) is 17.6. The zero-order chi connectivity index (χ0) is 21.6. The summed E-state index contributed by atoms with van der Waals surface area (Å²) in [5.74, 6) is -0.404. The Balaban J connectivity index is 1.80. The maximum absolute atomic E-state index is 12.6. The highest BCUT2D eigenvalue weighted by Crippen LogP contribution is 2.08. The van der Waals surface area contributed by atoms with E-state index in [1.807, 2.05) is 31.7 Å². The smallest absolute Gasteiger partial charge is 0.254 e. The Morgan fingerprint density at radius 3 is 2.21 bits per heavy atom. The highest BCUT2D eigenvalue weighted by atomic mass is 16.2. The summed E-state index contributed by atoms with van der Waals surface area (Å²) in [6.07, 6.45) is 0. The van der Waals surface area contributed by atoms with Crippen molar-refractivity contribution in [2.45, 2.75) is 26.3 Å². The van der Waals surface area contributed by atoms with Crippen molar-refractivity contribution in [1.82, 2.24) is 20.0 Å². The lowest BCUT2D eigenvalue weighted by atomic mass is 10.1. The number of benzene rings is 1. The lowest BCUT2D eigenvalue weighted by Crippen LogP contribution is -2.54. The minimum atomic E-state index is -0.264. The second-order valence-corrected chi connectivity index (χ2v) is 8.31. The Morgan fingerprint density at radius 2 is 1.69 bits per heavy atom. The quantitative estimate of drug-likeness (QED) is 0.786. The number of carbonyl (C=O) groups excluding carboxylic acids is 3. The zero-order valence-corrected chi connectivity index (χ0v) is 17.6. The molecule has 0 aliphatic carbocycles. The van der Waals surface area contributed by atoms with Gasteiger partial charge < -0.3 is 15.1 Å². The van der Waals surface area contributed by atoms with Crippen LogP contribution >= 0.6 is 0 Å². The van der Waals surface area contributed by atoms with Crippen molar-refractivity contribution < 1.29 is 14.4 Å². The first kappa shape index (κ1) is 22.4. The Kier molecular flexibility index (Phi) is 7.35. The van der Waals surface area contributed by atoms with Crippen molar-refractivity contribution in [3.63, 3.8) is 0 Å². The van der Waals surface area contributed by atoms with Gasteiger partial charge in [0.25, 0.3) is 5.91 Å². The number of rotatable bonds is 5. The molecule has 1 aromatic rings. The molecule has 3 amide bonds. The van der Waals surface area contributed by atoms with Gasteiger partial charge in [-0.1, -0.05) is 0 Å². The van der Waals surface area contributed by atoms with Crippen LogP contribution in [0.2, 0.25) is 0 Å². The molecule has 1 N–H and O–H groups in total. The summed E-state index contributed by atoms with van der Waals surface area (Å²) < 4.78 is 0. The average Bonchev–Trinajstić information content (AvgIpc) is 2.66. The molecule has 0 spiro atoms. The van der Waals surface area contributed by atoms with Crippen LogP contribution in [0, 0.1) is 11.3 Å². The third kappa shape index (κ3) is 6.88. The summed E-state index contributed by atoms with van der Waals surface area (Å²) in [6.45, 7) is 8.43. The molecular formula is C21H29N5O3. The van der Waals surface area contributed by atoms with E-state index in [-0.39, 0.29) is 29.8 Å². The molecule has 0 aromatic heterocycles. The lowest BCUT2D eigenvalue weighted by molar-refractivity contribution is -0.133. The van der Waals surface area contributed by atoms with Crippen LogP contribution in [0.25, 0.3) is 0 Å². The van der Waals surface area contributed by atoms with Gasteiger partial charge in [-0.25, -0.2) is 0 Å². The van der Waals surface area contributed by atoms with Crippen molar-refractivity contribution in [2.24, 2.45) is 0 Å². The number of amides is 3. The molecule has 1 heterocycles. The molecule has 0 unspecified atom stereocenters. The molecule has 8 heteroatoms. The fourth-order valence-corrected chi connectivity index (χ4v) is 3.10. The van der Waals surface area contributed by atoms with E-state index in [0.29, 0.717) is 43.9 Å². The predicted molar refractivity (Wildman–Crippen MR) is 109 cm³/mol. The molecule has 1 saturated heterocycles. The van der Waals surface area contributed by atoms with Gasteiger partial charge in [0.2, 0.25) is 11.8 Å². The van der Waals surface area contributed by atoms with Gasteiger partial charge >= 0.3 is 0 Å². The van der Waals surface area contributed by atoms with Gasteiger partial charge in [-0.3, -0.25) is 19.3 Å². The van der Waals surface area contributed by atoms with Gasteiger partial charge in [-0.15, -0.1) is 0 Å². The highest BCUT2D eigenvalue weighted by Gasteiger charge is 2.25. The molecule has 29 heavy (non-hydrogen) atoms. The summed E-state index contributed by atoms with van der Waals surface area (Å²) in [5.41, 5.74) is 0.657. The van der Waals surface area contributed by atoms with Crippen LogP contribution in [0.1, 0.15) is 36.7 Å². The first-order valence-electron chi connectivity index (χ1n) is 9.66. The van der Waals surface area contributed by atoms with E-state index in [0.717, 1.165) is 0 Å². The minimum Gasteiger partial charge on any atom is -0.350 e. The number of hydrogen-bond acceptors (Lipinski definition) is 5. The normalized spacial score (nSPS) is 14.8. The van der Waals surface area contributed by atoms with E-state index in [1.54, 1.807) is 36.2 Å². The summed E-state index contributed by atoms with van der Waals surface area (Å²) in [5, 5.41) is 11.8. The molecule has 0 bridgehead atoms. The van der Waals surface area contributed by atoms with E-state index in [1.165, 1.54) is 4.90 Å². The van der Waals surface area contributed by atoms with Crippen molar-refractivity contribution in [1.29, 1.82) is 5.26 Å². The van der Waals surface area contributed by atoms with Gasteiger partial charge in [-0.2, -0.15) is 5.26 Å². The van der Waals surface area contributed by atoms with Gasteiger partial charge in [0.1, 0.15) is 0 Å². The Bertz CT molecular complexity index is 784. The molecule has 1 fully saturated rings. The number of piperazine rings is 1. The SMILES string of the molecule is CN(CC(=O)N1CCN(CC(=O)NC(C)(C)C)CC1)C(=O)c1ccc(C#N)cc1. The molecule has 0 radical (unpaired) electrons. The maximum Gasteiger partial charge on any atom is 0.254 e. The molecule has 8 nitrogen and oxygen atoms in total. The van der Waals surface area contributed by atoms with Crippen molar-refractivity contribution >= 4 is 17.7 Å². The second-order valence-electron chi connectivity index (χ2n) is 8.31. The van der Waals surface area contributed by atoms with E-state index >= 15 is 0 Å². The molecule has 0 atom stereocenters. The number of likely N-dealkylation sites (N-methyl/N-ethyl adjacent to an activating group) is 1. The summed E-state index contributed by atoms with van der Waals surface area (Å²) in [4.78, 5) is 42.2. The molecule has 1 aliphatic heterocycles. The van der Waals surface area contributed by atoms with Crippen LogP contribution in [0.4, 0.5) is 0 Å². The molecule has 2 rings (SSSR count). The average molecular weight is 399 g/mol. The maximum atomic E-state index is 12.6. The minimum absolute atomic E-state index is 0.0106. The number of hydrogen-bond donors (Lipinski definition) is 1. The van der Waals surface area contributed by atoms with Gasteiger partial charge in [0.15, 0.2) is 0 Å². The topological polar surface area (TPSA) is 96.8 Å². The monoisotopic (exact) mass is 399 g/mol. The van der Waals surface area contributed by atoms with Gasteiger partial charge in [0, 0.05) is 44.3 Å². The van der Waals surface area contributed by atoms with E-state index < -0.39 is 0 Å². The Hall–Kier alpha value is -2.92. The van der Waals surface area contributed by atoms with Crippen LogP contribution < -0.4 is 5.32 Å². The van der Waals surface area contributed by atoms with Crippen LogP contribution in [0.15, 0.2) is 24.3 Å². The predicted octanol–water partition coefficient (Wildman–Crippen LogP) is 0.689. The Labute approximate surface area is 172 Å². The number of carbonyl (C=O) groups is 3. The van der Waals surface area contributed by atoms with Crippen LogP contribution in [-0.2, 0) is 9.59 Å². The summed E-state index contributed by atoms with van der Waals surface area (Å²) >= 11 is 0. The fraction of sp³-hybridized carbons (Fsp3) is 0.524. The first-order valence-corrected chi connectivity index (χ1v) is 9.66. The third-order valence-electron chi connectivity index (χ3n) is 4.59. The molecular weight excluding hydrogens is 370 g/mol. The third-order valence-corrected chi connectivity index (χ3v) is 4.59. The largest absolute Gasteiger partial charge is 0.350 e. The van der Waals surface area contributed by atoms with Gasteiger partial charge in [0.05, 0.1) is 24.7 Å². The molecule has 1 aromatic carbocycles. The number of nitrogens with zero attached hydrogens (tertiary/aromatic N) is 4. The standard InChI is InChI=1S/C21H29N5O3/c1-21(2,3)23-18(27)14-25-9-11-26(12-10-25)19(28)15-24(4)20(29)17-7-5-16(13-22)6-8-17/h5-8H,9-12,14-15H2,1-4H3,(H,23,27). The number of nitriles is 1. The fourth-order valence-electron chi connectivity index (χ4n) is 3.10. The van der Waals surface area contributed by atoms with Crippen molar-refractivity contribution in [3.05, 3.63) is 35.4 Å². The van der Waals surface area contributed by atoms with E-state index in [9.17, 15) is 14.4 Å². The molecule has 156 valence electrons. The van der Waals surface area contributed by atoms with E-state index in [4.69, 9.17) is 5.26 Å². The summed E-state index contributed by atoms with van der Waals surface area (Å²) in [6, 6.07) is 8.34. The van der Waals surface area contributed by atoms with E-state index in [2.05, 4.69) is 5.32 Å². The molecule has 0 saturated carbocycles. The van der Waals surface area contributed by atoms with Crippen molar-refractivity contribution in [2.75, 3.05) is 46.3 Å². The van der Waals surface area contributed by atoms with Crippen LogP contribution in [0.5, 0.6) is 0 Å². The molecule has 1 aliphatic rings. The number of nitrogens with one attached hydrogen (secondary N) is 1. The second kappa shape index (κ2) is 9.52.